The van der Waals surface area contributed by atoms with E-state index in [1.54, 1.807) is 0 Å². The molecule has 33 heavy (non-hydrogen) atoms. The molecule has 0 spiro atoms. The largest absolute Gasteiger partial charge is 0.343 e. The van der Waals surface area contributed by atoms with Gasteiger partial charge in [0, 0.05) is 17.4 Å². The molecule has 182 valence electrons. The first kappa shape index (κ1) is 27.2. The van der Waals surface area contributed by atoms with Crippen LogP contribution in [0.3, 0.4) is 0 Å². The van der Waals surface area contributed by atoms with Crippen molar-refractivity contribution in [1.29, 1.82) is 0 Å². The van der Waals surface area contributed by atoms with Gasteiger partial charge in [-0.05, 0) is 94.4 Å². The number of unbranched alkanes of at least 4 members (excludes halogenated alkanes) is 3. The van der Waals surface area contributed by atoms with Crippen molar-refractivity contribution in [3.8, 4) is 0 Å². The molecule has 1 saturated heterocycles. The number of nitrogens with zero attached hydrogens (tertiary/aromatic N) is 1. The van der Waals surface area contributed by atoms with E-state index < -0.39 is 0 Å². The van der Waals surface area contributed by atoms with E-state index in [9.17, 15) is 0 Å². The van der Waals surface area contributed by atoms with Crippen molar-refractivity contribution in [3.05, 3.63) is 77.6 Å². The van der Waals surface area contributed by atoms with E-state index in [0.717, 1.165) is 19.3 Å². The second kappa shape index (κ2) is 14.3. The first-order chi connectivity index (χ1) is 15.8. The summed E-state index contributed by atoms with van der Waals surface area (Å²) in [5.41, 5.74) is 8.12. The molecule has 0 aliphatic carbocycles. The van der Waals surface area contributed by atoms with Crippen LogP contribution in [-0.4, -0.2) is 6.04 Å². The maximum absolute atomic E-state index is 4.38. The van der Waals surface area contributed by atoms with E-state index in [0.29, 0.717) is 12.0 Å². The number of aryl methyl sites for hydroxylation is 1. The number of hydrogen-bond acceptors (Lipinski definition) is 1. The van der Waals surface area contributed by atoms with Crippen LogP contribution in [0.15, 0.2) is 72.0 Å². The second-order valence-corrected chi connectivity index (χ2v) is 10.6. The fraction of sp³-hybridized carbons (Fsp3) is 0.562. The number of hydrogen-bond donors (Lipinski definition) is 0. The lowest BCUT2D eigenvalue weighted by Crippen LogP contribution is -2.27. The summed E-state index contributed by atoms with van der Waals surface area (Å²) in [5, 5.41) is 0. The summed E-state index contributed by atoms with van der Waals surface area (Å²) < 4.78 is 0. The fourth-order valence-corrected chi connectivity index (χ4v) is 4.83. The summed E-state index contributed by atoms with van der Waals surface area (Å²) in [6.07, 6.45) is 18.1. The summed E-state index contributed by atoms with van der Waals surface area (Å²) in [6, 6.07) is 9.89. The normalized spacial score (nSPS) is 17.3. The Hall–Kier alpha value is -2.02. The summed E-state index contributed by atoms with van der Waals surface area (Å²) >= 11 is 0. The molecule has 1 nitrogen and oxygen atoms in total. The SMILES string of the molecule is C=C(CC(C)C)/C(C)=C/C=C(\C)CCC[C@H]1CCC(=C)N1c1ccc(CCCCCC)cc1. The van der Waals surface area contributed by atoms with Gasteiger partial charge >= 0.3 is 0 Å². The average molecular weight is 448 g/mol. The molecule has 1 aromatic rings. The Balaban J connectivity index is 1.86. The molecule has 1 aromatic carbocycles. The van der Waals surface area contributed by atoms with Crippen molar-refractivity contribution in [2.45, 2.75) is 111 Å². The average Bonchev–Trinajstić information content (AvgIpc) is 3.15. The topological polar surface area (TPSA) is 3.24 Å². The number of allylic oxidation sites excluding steroid dienone is 6. The van der Waals surface area contributed by atoms with Crippen LogP contribution in [0.1, 0.15) is 104 Å². The van der Waals surface area contributed by atoms with E-state index in [2.05, 4.69) is 89.1 Å². The van der Waals surface area contributed by atoms with Crippen LogP contribution in [0, 0.1) is 5.92 Å². The Morgan fingerprint density at radius 3 is 2.45 bits per heavy atom. The third-order valence-corrected chi connectivity index (χ3v) is 6.94. The van der Waals surface area contributed by atoms with Gasteiger partial charge in [0.1, 0.15) is 0 Å². The third kappa shape index (κ3) is 9.40. The molecule has 1 aliphatic heterocycles. The Bertz CT molecular complexity index is 805. The third-order valence-electron chi connectivity index (χ3n) is 6.94. The zero-order valence-corrected chi connectivity index (χ0v) is 22.3. The van der Waals surface area contributed by atoms with Gasteiger partial charge in [-0.25, -0.2) is 0 Å². The van der Waals surface area contributed by atoms with E-state index in [-0.39, 0.29) is 0 Å². The summed E-state index contributed by atoms with van der Waals surface area (Å²) in [4.78, 5) is 2.51. The highest BCUT2D eigenvalue weighted by molar-refractivity contribution is 5.55. The lowest BCUT2D eigenvalue weighted by atomic mass is 9.98. The lowest BCUT2D eigenvalue weighted by molar-refractivity contribution is 0.582. The van der Waals surface area contributed by atoms with Gasteiger partial charge in [0.25, 0.3) is 0 Å². The zero-order valence-electron chi connectivity index (χ0n) is 22.3. The minimum absolute atomic E-state index is 0.587. The maximum atomic E-state index is 4.38. The van der Waals surface area contributed by atoms with Crippen molar-refractivity contribution in [1.82, 2.24) is 0 Å². The van der Waals surface area contributed by atoms with Crippen molar-refractivity contribution in [3.63, 3.8) is 0 Å². The predicted molar refractivity (Wildman–Crippen MR) is 149 cm³/mol. The minimum Gasteiger partial charge on any atom is -0.343 e. The fourth-order valence-electron chi connectivity index (χ4n) is 4.83. The quantitative estimate of drug-likeness (QED) is 0.202. The first-order valence-electron chi connectivity index (χ1n) is 13.4. The van der Waals surface area contributed by atoms with E-state index in [4.69, 9.17) is 0 Å². The van der Waals surface area contributed by atoms with Gasteiger partial charge in [0.05, 0.1) is 0 Å². The van der Waals surface area contributed by atoms with E-state index in [1.807, 2.05) is 0 Å². The lowest BCUT2D eigenvalue weighted by Gasteiger charge is -2.28. The van der Waals surface area contributed by atoms with Crippen molar-refractivity contribution in [2.24, 2.45) is 5.92 Å². The molecule has 1 fully saturated rings. The molecular weight excluding hydrogens is 398 g/mol. The molecule has 1 aliphatic rings. The standard InChI is InChI=1S/C32H49N/c1-8-9-10-11-14-30-19-22-32(23-20-30)33-29(7)18-21-31(33)15-12-13-26(4)16-17-27(5)28(6)24-25(2)3/h16-17,19-20,22-23,25,31H,6-15,18,21,24H2,1-5H3/b26-16+,27-17+/t31-/m0/s1. The minimum atomic E-state index is 0.587. The van der Waals surface area contributed by atoms with Crippen molar-refractivity contribution in [2.75, 3.05) is 4.90 Å². The van der Waals surface area contributed by atoms with Crippen LogP contribution in [0.5, 0.6) is 0 Å². The van der Waals surface area contributed by atoms with E-state index >= 15 is 0 Å². The Morgan fingerprint density at radius 2 is 1.79 bits per heavy atom. The molecule has 0 unspecified atom stereocenters. The summed E-state index contributed by atoms with van der Waals surface area (Å²) in [7, 11) is 0. The monoisotopic (exact) mass is 447 g/mol. The molecule has 0 N–H and O–H groups in total. The zero-order chi connectivity index (χ0) is 24.2. The Kier molecular flexibility index (Phi) is 11.8. The maximum Gasteiger partial charge on any atom is 0.0410 e. The van der Waals surface area contributed by atoms with Crippen LogP contribution in [0.25, 0.3) is 0 Å². The predicted octanol–water partition coefficient (Wildman–Crippen LogP) is 9.96. The first-order valence-corrected chi connectivity index (χ1v) is 13.4. The van der Waals surface area contributed by atoms with Crippen molar-refractivity contribution < 1.29 is 0 Å². The molecular formula is C32H49N. The molecule has 0 saturated carbocycles. The van der Waals surface area contributed by atoms with Gasteiger partial charge in [-0.15, -0.1) is 0 Å². The molecule has 0 amide bonds. The van der Waals surface area contributed by atoms with Gasteiger partial charge in [0.15, 0.2) is 0 Å². The Labute approximate surface area is 205 Å². The molecule has 0 radical (unpaired) electrons. The molecule has 0 bridgehead atoms. The van der Waals surface area contributed by atoms with E-state index in [1.165, 1.54) is 85.0 Å². The molecule has 1 heteroatoms. The number of benzene rings is 1. The molecule has 1 heterocycles. The van der Waals surface area contributed by atoms with Gasteiger partial charge in [-0.2, -0.15) is 0 Å². The highest BCUT2D eigenvalue weighted by atomic mass is 15.2. The molecule has 0 aromatic heterocycles. The van der Waals surface area contributed by atoms with Crippen LogP contribution in [0.2, 0.25) is 0 Å². The molecule has 1 atom stereocenters. The highest BCUT2D eigenvalue weighted by Gasteiger charge is 2.27. The highest BCUT2D eigenvalue weighted by Crippen LogP contribution is 2.35. The summed E-state index contributed by atoms with van der Waals surface area (Å²) in [5.74, 6) is 0.664. The van der Waals surface area contributed by atoms with Gasteiger partial charge < -0.3 is 4.90 Å². The smallest absolute Gasteiger partial charge is 0.0410 e. The van der Waals surface area contributed by atoms with Gasteiger partial charge in [0.2, 0.25) is 0 Å². The van der Waals surface area contributed by atoms with Gasteiger partial charge in [-0.3, -0.25) is 0 Å². The summed E-state index contributed by atoms with van der Waals surface area (Å²) in [6.45, 7) is 19.9. The number of anilines is 1. The van der Waals surface area contributed by atoms with Crippen LogP contribution < -0.4 is 4.90 Å². The molecule has 2 rings (SSSR count). The van der Waals surface area contributed by atoms with Crippen LogP contribution in [0.4, 0.5) is 5.69 Å². The van der Waals surface area contributed by atoms with Gasteiger partial charge in [-0.1, -0.05) is 88.6 Å². The Morgan fingerprint density at radius 1 is 1.06 bits per heavy atom. The second-order valence-electron chi connectivity index (χ2n) is 10.6. The number of rotatable bonds is 14. The van der Waals surface area contributed by atoms with Crippen LogP contribution in [-0.2, 0) is 6.42 Å². The van der Waals surface area contributed by atoms with Crippen LogP contribution >= 0.6 is 0 Å². The van der Waals surface area contributed by atoms with Crippen molar-refractivity contribution >= 4 is 5.69 Å².